The van der Waals surface area contributed by atoms with Crippen molar-refractivity contribution in [2.75, 3.05) is 17.2 Å². The second-order valence-corrected chi connectivity index (χ2v) is 11.4. The van der Waals surface area contributed by atoms with Gasteiger partial charge in [-0.1, -0.05) is 0 Å². The first-order valence-electron chi connectivity index (χ1n) is 8.32. The van der Waals surface area contributed by atoms with Gasteiger partial charge < -0.3 is 15.3 Å². The summed E-state index contributed by atoms with van der Waals surface area (Å²) < 4.78 is 3.74. The molecule has 0 aliphatic rings. The summed E-state index contributed by atoms with van der Waals surface area (Å²) in [6, 6.07) is 11.7. The fourth-order valence-corrected chi connectivity index (χ4v) is 5.12. The van der Waals surface area contributed by atoms with Crippen LogP contribution >= 0.6 is 0 Å². The average Bonchev–Trinajstić information content (AvgIpc) is 3.23. The summed E-state index contributed by atoms with van der Waals surface area (Å²) in [5.74, 6) is 0. The molecule has 26 heavy (non-hydrogen) atoms. The van der Waals surface area contributed by atoms with Crippen LogP contribution in [0.4, 0.5) is 11.4 Å². The summed E-state index contributed by atoms with van der Waals surface area (Å²) >= 11 is 0. The maximum Gasteiger partial charge on any atom is 0.190 e. The number of hydrogen-bond acceptors (Lipinski definition) is 5. The number of nitrogens with zero attached hydrogens (tertiary/aromatic N) is 5. The van der Waals surface area contributed by atoms with E-state index in [4.69, 9.17) is 11.0 Å². The van der Waals surface area contributed by atoms with Crippen molar-refractivity contribution in [3.05, 3.63) is 49.1 Å². The van der Waals surface area contributed by atoms with Crippen LogP contribution in [0.2, 0.25) is 13.1 Å². The maximum atomic E-state index is 9.16. The molecule has 130 valence electrons. The van der Waals surface area contributed by atoms with Gasteiger partial charge in [-0.15, -0.1) is 0 Å². The van der Waals surface area contributed by atoms with Crippen molar-refractivity contribution in [2.45, 2.75) is 13.1 Å². The Morgan fingerprint density at radius 3 is 2.62 bits per heavy atom. The van der Waals surface area contributed by atoms with Crippen LogP contribution in [0.1, 0.15) is 0 Å². The predicted octanol–water partition coefficient (Wildman–Crippen LogP) is 3.00. The van der Waals surface area contributed by atoms with Crippen molar-refractivity contribution < 1.29 is 0 Å². The Balaban J connectivity index is 1.61. The first-order chi connectivity index (χ1) is 12.5. The van der Waals surface area contributed by atoms with E-state index >= 15 is 0 Å². The van der Waals surface area contributed by atoms with Crippen LogP contribution in [-0.4, -0.2) is 33.2 Å². The minimum atomic E-state index is -1.87. The monoisotopic (exact) mass is 361 g/mol. The summed E-state index contributed by atoms with van der Waals surface area (Å²) in [4.78, 5) is 8.72. The van der Waals surface area contributed by atoms with E-state index in [0.717, 1.165) is 39.6 Å². The topological polar surface area (TPSA) is 97.5 Å². The van der Waals surface area contributed by atoms with Gasteiger partial charge in [-0.2, -0.15) is 5.26 Å². The summed E-state index contributed by atoms with van der Waals surface area (Å²) in [6.07, 6.45) is 6.37. The lowest BCUT2D eigenvalue weighted by atomic mass is 10.3. The lowest BCUT2D eigenvalue weighted by Gasteiger charge is -2.26. The van der Waals surface area contributed by atoms with Crippen molar-refractivity contribution >= 4 is 41.7 Å². The normalized spacial score (nSPS) is 11.7. The molecule has 0 spiro atoms. The number of anilines is 2. The second-order valence-electron chi connectivity index (χ2n) is 6.95. The number of nitrogens with one attached hydrogen (secondary N) is 1. The molecule has 0 saturated heterocycles. The van der Waals surface area contributed by atoms with Gasteiger partial charge in [-0.05, 0) is 49.5 Å². The van der Waals surface area contributed by atoms with Crippen LogP contribution in [0.15, 0.2) is 49.1 Å². The minimum Gasteiger partial charge on any atom is -0.399 e. The molecule has 0 saturated carbocycles. The molecule has 3 N–H and O–H groups in total. The zero-order chi connectivity index (χ0) is 18.3. The molecule has 2 aromatic carbocycles. The third-order valence-electron chi connectivity index (χ3n) is 4.60. The second kappa shape index (κ2) is 5.89. The van der Waals surface area contributed by atoms with Gasteiger partial charge in [0.1, 0.15) is 6.33 Å². The highest BCUT2D eigenvalue weighted by Crippen LogP contribution is 2.22. The quantitative estimate of drug-likeness (QED) is 0.430. The molecule has 4 aromatic rings. The Morgan fingerprint density at radius 1 is 1.08 bits per heavy atom. The summed E-state index contributed by atoms with van der Waals surface area (Å²) in [7, 11) is -1.87. The zero-order valence-corrected chi connectivity index (χ0v) is 15.6. The van der Waals surface area contributed by atoms with Crippen LogP contribution in [0.25, 0.3) is 22.1 Å². The molecule has 0 atom stereocenters. The van der Waals surface area contributed by atoms with Crippen LogP contribution in [-0.2, 0) is 0 Å². The Labute approximate surface area is 151 Å². The number of benzene rings is 2. The SMILES string of the molecule is C[Si](C)(CNc1ccc2ncn(C#N)c2c1)n1cnc2ccc(N)cc21. The lowest BCUT2D eigenvalue weighted by molar-refractivity contribution is 1.11. The molecule has 0 bridgehead atoms. The number of nitriles is 1. The van der Waals surface area contributed by atoms with Crippen molar-refractivity contribution in [3.63, 3.8) is 0 Å². The molecule has 0 unspecified atom stereocenters. The summed E-state index contributed by atoms with van der Waals surface area (Å²) in [6.45, 7) is 4.56. The fourth-order valence-electron chi connectivity index (χ4n) is 3.11. The molecule has 2 heterocycles. The van der Waals surface area contributed by atoms with Crippen LogP contribution in [0.5, 0.6) is 0 Å². The standard InChI is InChI=1S/C18H19N7Si/c1-26(2,25-11-22-16-5-3-13(20)7-18(16)25)12-23-14-4-6-15-17(8-14)24(9-19)10-21-15/h3-8,10-11,23H,12,20H2,1-2H3. The molecule has 8 heteroatoms. The number of nitrogens with two attached hydrogens (primary N) is 1. The van der Waals surface area contributed by atoms with Crippen molar-refractivity contribution in [2.24, 2.45) is 0 Å². The highest BCUT2D eigenvalue weighted by Gasteiger charge is 2.25. The third kappa shape index (κ3) is 2.68. The minimum absolute atomic E-state index is 0.743. The lowest BCUT2D eigenvalue weighted by Crippen LogP contribution is -2.43. The van der Waals surface area contributed by atoms with E-state index in [2.05, 4.69) is 38.8 Å². The Hall–Kier alpha value is -3.31. The third-order valence-corrected chi connectivity index (χ3v) is 7.31. The van der Waals surface area contributed by atoms with E-state index in [9.17, 15) is 0 Å². The molecule has 0 aliphatic heterocycles. The number of hydrogen-bond donors (Lipinski definition) is 2. The smallest absolute Gasteiger partial charge is 0.190 e. The van der Waals surface area contributed by atoms with Gasteiger partial charge in [0.15, 0.2) is 14.4 Å². The average molecular weight is 361 g/mol. The van der Waals surface area contributed by atoms with Crippen molar-refractivity contribution in [3.8, 4) is 6.19 Å². The molecule has 2 aromatic heterocycles. The van der Waals surface area contributed by atoms with Crippen LogP contribution < -0.4 is 11.1 Å². The van der Waals surface area contributed by atoms with Crippen LogP contribution in [0.3, 0.4) is 0 Å². The Kier molecular flexibility index (Phi) is 3.66. The molecule has 0 radical (unpaired) electrons. The van der Waals surface area contributed by atoms with E-state index in [1.54, 1.807) is 0 Å². The number of fused-ring (bicyclic) bond motifs is 2. The highest BCUT2D eigenvalue weighted by molar-refractivity contribution is 6.77. The predicted molar refractivity (Wildman–Crippen MR) is 106 cm³/mol. The molecule has 4 rings (SSSR count). The van der Waals surface area contributed by atoms with Crippen LogP contribution in [0, 0.1) is 11.5 Å². The molecule has 7 nitrogen and oxygen atoms in total. The molecule has 0 aliphatic carbocycles. The summed E-state index contributed by atoms with van der Waals surface area (Å²) in [5, 5.41) is 12.7. The van der Waals surface area contributed by atoms with Gasteiger partial charge in [-0.25, -0.2) is 14.5 Å². The number of rotatable bonds is 4. The number of nitrogen functional groups attached to an aromatic ring is 1. The van der Waals surface area contributed by atoms with Gasteiger partial charge >= 0.3 is 0 Å². The molecular formula is C18H19N7Si. The molecule has 0 fully saturated rings. The van der Waals surface area contributed by atoms with Gasteiger partial charge in [0.2, 0.25) is 0 Å². The van der Waals surface area contributed by atoms with Gasteiger partial charge in [0.25, 0.3) is 0 Å². The van der Waals surface area contributed by atoms with Gasteiger partial charge in [0, 0.05) is 17.5 Å². The number of imidazole rings is 2. The molecular weight excluding hydrogens is 342 g/mol. The van der Waals surface area contributed by atoms with Crippen molar-refractivity contribution in [1.82, 2.24) is 18.8 Å². The number of aromatic nitrogens is 4. The van der Waals surface area contributed by atoms with Gasteiger partial charge in [0.05, 0.1) is 28.4 Å². The first kappa shape index (κ1) is 16.2. The van der Waals surface area contributed by atoms with E-state index in [-0.39, 0.29) is 0 Å². The van der Waals surface area contributed by atoms with E-state index < -0.39 is 8.24 Å². The Bertz CT molecular complexity index is 1150. The summed E-state index contributed by atoms with van der Waals surface area (Å²) in [5.41, 5.74) is 11.3. The Morgan fingerprint density at radius 2 is 1.81 bits per heavy atom. The first-order valence-corrected chi connectivity index (χ1v) is 11.5. The van der Waals surface area contributed by atoms with E-state index in [0.29, 0.717) is 0 Å². The largest absolute Gasteiger partial charge is 0.399 e. The fraction of sp³-hybridized carbons (Fsp3) is 0.167. The highest BCUT2D eigenvalue weighted by atomic mass is 28.3. The van der Waals surface area contributed by atoms with E-state index in [1.807, 2.05) is 42.7 Å². The van der Waals surface area contributed by atoms with Crippen molar-refractivity contribution in [1.29, 1.82) is 5.26 Å². The maximum absolute atomic E-state index is 9.16. The molecule has 0 amide bonds. The zero-order valence-electron chi connectivity index (χ0n) is 14.6. The van der Waals surface area contributed by atoms with Gasteiger partial charge in [-0.3, -0.25) is 0 Å². The van der Waals surface area contributed by atoms with E-state index in [1.165, 1.54) is 10.9 Å².